The number of nitrogens with zero attached hydrogens (tertiary/aromatic N) is 2. The average molecular weight is 292 g/mol. The van der Waals surface area contributed by atoms with Gasteiger partial charge in [-0.15, -0.1) is 0 Å². The number of aliphatic hydroxyl groups is 1. The Labute approximate surface area is 122 Å². The van der Waals surface area contributed by atoms with Crippen LogP contribution in [0.3, 0.4) is 0 Å². The van der Waals surface area contributed by atoms with E-state index in [9.17, 15) is 14.7 Å². The molecule has 6 heteroatoms. The van der Waals surface area contributed by atoms with Crippen LogP contribution in [0.25, 0.3) is 11.0 Å². The molecule has 2 N–H and O–H groups in total. The maximum absolute atomic E-state index is 11.9. The number of carboxylic acids is 1. The number of aliphatic hydroxyl groups excluding tert-OH is 1. The van der Waals surface area contributed by atoms with Gasteiger partial charge in [0.15, 0.2) is 0 Å². The Morgan fingerprint density at radius 1 is 1.24 bits per heavy atom. The predicted octanol–water partition coefficient (Wildman–Crippen LogP) is 1.41. The molecule has 0 saturated heterocycles. The summed E-state index contributed by atoms with van der Waals surface area (Å²) >= 11 is 0. The number of fused-ring (bicyclic) bond motifs is 1. The first-order chi connectivity index (χ1) is 9.81. The summed E-state index contributed by atoms with van der Waals surface area (Å²) in [6.45, 7) is 1.80. The van der Waals surface area contributed by atoms with Crippen molar-refractivity contribution < 1.29 is 15.0 Å². The first kappa shape index (κ1) is 15.3. The Kier molecular flexibility index (Phi) is 4.18. The van der Waals surface area contributed by atoms with Crippen LogP contribution in [-0.2, 0) is 18.9 Å². The van der Waals surface area contributed by atoms with Crippen LogP contribution >= 0.6 is 0 Å². The second-order valence-electron chi connectivity index (χ2n) is 5.60. The largest absolute Gasteiger partial charge is 0.481 e. The fourth-order valence-corrected chi connectivity index (χ4v) is 2.63. The molecule has 0 aliphatic heterocycles. The number of aliphatic carboxylic acids is 1. The van der Waals surface area contributed by atoms with E-state index in [4.69, 9.17) is 5.11 Å². The van der Waals surface area contributed by atoms with Gasteiger partial charge in [0.2, 0.25) is 0 Å². The highest BCUT2D eigenvalue weighted by Gasteiger charge is 2.17. The minimum absolute atomic E-state index is 0.0309. The standard InChI is InChI=1S/C15H20N2O4/c1-9(7-14(19)20)6-13(18)10-4-5-11-12(8-10)17(3)15(21)16(11)2/h4-5,8-9,13,18H,6-7H2,1-3H3,(H,19,20). The highest BCUT2D eigenvalue weighted by atomic mass is 16.4. The molecule has 0 bridgehead atoms. The van der Waals surface area contributed by atoms with Crippen LogP contribution < -0.4 is 5.69 Å². The Morgan fingerprint density at radius 3 is 2.48 bits per heavy atom. The Balaban J connectivity index is 2.28. The molecule has 114 valence electrons. The van der Waals surface area contributed by atoms with Crippen molar-refractivity contribution in [3.05, 3.63) is 34.2 Å². The van der Waals surface area contributed by atoms with Gasteiger partial charge in [-0.1, -0.05) is 13.0 Å². The molecule has 0 spiro atoms. The molecule has 0 saturated carbocycles. The smallest absolute Gasteiger partial charge is 0.328 e. The summed E-state index contributed by atoms with van der Waals surface area (Å²) in [5.74, 6) is -0.983. The summed E-state index contributed by atoms with van der Waals surface area (Å²) in [6, 6.07) is 5.37. The van der Waals surface area contributed by atoms with E-state index in [0.717, 1.165) is 11.0 Å². The fourth-order valence-electron chi connectivity index (χ4n) is 2.63. The van der Waals surface area contributed by atoms with Gasteiger partial charge >= 0.3 is 11.7 Å². The first-order valence-electron chi connectivity index (χ1n) is 6.86. The van der Waals surface area contributed by atoms with Gasteiger partial charge in [0.05, 0.1) is 17.1 Å². The molecule has 0 fully saturated rings. The average Bonchev–Trinajstić information content (AvgIpc) is 2.62. The van der Waals surface area contributed by atoms with Gasteiger partial charge in [-0.3, -0.25) is 13.9 Å². The third-order valence-electron chi connectivity index (χ3n) is 3.83. The molecule has 0 aliphatic rings. The molecule has 2 aromatic rings. The van der Waals surface area contributed by atoms with Crippen molar-refractivity contribution in [2.24, 2.45) is 20.0 Å². The zero-order valence-electron chi connectivity index (χ0n) is 12.4. The van der Waals surface area contributed by atoms with Gasteiger partial charge in [-0.05, 0) is 30.0 Å². The van der Waals surface area contributed by atoms with Gasteiger partial charge in [-0.2, -0.15) is 0 Å². The zero-order chi connectivity index (χ0) is 15.7. The SMILES string of the molecule is CC(CC(=O)O)CC(O)c1ccc2c(c1)n(C)c(=O)n2C. The van der Waals surface area contributed by atoms with E-state index >= 15 is 0 Å². The number of imidazole rings is 1. The molecule has 1 aromatic carbocycles. The Morgan fingerprint density at radius 2 is 1.86 bits per heavy atom. The lowest BCUT2D eigenvalue weighted by molar-refractivity contribution is -0.138. The molecular weight excluding hydrogens is 272 g/mol. The first-order valence-corrected chi connectivity index (χ1v) is 6.86. The number of benzene rings is 1. The van der Waals surface area contributed by atoms with E-state index < -0.39 is 12.1 Å². The minimum Gasteiger partial charge on any atom is -0.481 e. The summed E-state index contributed by atoms with van der Waals surface area (Å²) in [6.07, 6.45) is -0.333. The number of hydrogen-bond acceptors (Lipinski definition) is 3. The van der Waals surface area contributed by atoms with Crippen LogP contribution in [0.1, 0.15) is 31.4 Å². The van der Waals surface area contributed by atoms with E-state index in [2.05, 4.69) is 0 Å². The summed E-state index contributed by atoms with van der Waals surface area (Å²) in [7, 11) is 3.39. The van der Waals surface area contributed by atoms with E-state index in [1.807, 2.05) is 0 Å². The Bertz CT molecular complexity index is 729. The molecule has 2 unspecified atom stereocenters. The van der Waals surface area contributed by atoms with Gasteiger partial charge in [-0.25, -0.2) is 4.79 Å². The van der Waals surface area contributed by atoms with E-state index in [1.165, 1.54) is 4.57 Å². The van der Waals surface area contributed by atoms with Crippen molar-refractivity contribution in [2.75, 3.05) is 0 Å². The van der Waals surface area contributed by atoms with Crippen molar-refractivity contribution >= 4 is 17.0 Å². The second-order valence-corrected chi connectivity index (χ2v) is 5.60. The van der Waals surface area contributed by atoms with Gasteiger partial charge in [0.1, 0.15) is 0 Å². The molecule has 1 heterocycles. The summed E-state index contributed by atoms with van der Waals surface area (Å²) in [5, 5.41) is 19.0. The predicted molar refractivity (Wildman–Crippen MR) is 79.2 cm³/mol. The van der Waals surface area contributed by atoms with Crippen LogP contribution in [0.15, 0.2) is 23.0 Å². The lowest BCUT2D eigenvalue weighted by atomic mass is 9.95. The van der Waals surface area contributed by atoms with Crippen molar-refractivity contribution in [3.8, 4) is 0 Å². The van der Waals surface area contributed by atoms with Crippen molar-refractivity contribution in [1.82, 2.24) is 9.13 Å². The summed E-state index contributed by atoms with van der Waals surface area (Å²) in [4.78, 5) is 22.5. The maximum atomic E-state index is 11.9. The molecular formula is C15H20N2O4. The highest BCUT2D eigenvalue weighted by molar-refractivity contribution is 5.77. The van der Waals surface area contributed by atoms with Crippen LogP contribution in [0, 0.1) is 5.92 Å². The zero-order valence-corrected chi connectivity index (χ0v) is 12.4. The van der Waals surface area contributed by atoms with E-state index in [0.29, 0.717) is 12.0 Å². The van der Waals surface area contributed by atoms with Crippen LogP contribution in [-0.4, -0.2) is 25.3 Å². The lowest BCUT2D eigenvalue weighted by Crippen LogP contribution is -2.19. The third-order valence-corrected chi connectivity index (χ3v) is 3.83. The van der Waals surface area contributed by atoms with Crippen molar-refractivity contribution in [1.29, 1.82) is 0 Å². The van der Waals surface area contributed by atoms with Crippen LogP contribution in [0.2, 0.25) is 0 Å². The van der Waals surface area contributed by atoms with Crippen LogP contribution in [0.5, 0.6) is 0 Å². The molecule has 2 rings (SSSR count). The van der Waals surface area contributed by atoms with Crippen molar-refractivity contribution in [2.45, 2.75) is 25.9 Å². The molecule has 21 heavy (non-hydrogen) atoms. The minimum atomic E-state index is -0.865. The highest BCUT2D eigenvalue weighted by Crippen LogP contribution is 2.25. The lowest BCUT2D eigenvalue weighted by Gasteiger charge is -2.15. The maximum Gasteiger partial charge on any atom is 0.328 e. The Hall–Kier alpha value is -2.08. The number of hydrogen-bond donors (Lipinski definition) is 2. The van der Waals surface area contributed by atoms with E-state index in [1.54, 1.807) is 43.8 Å². The molecule has 0 radical (unpaired) electrons. The van der Waals surface area contributed by atoms with Gasteiger partial charge in [0, 0.05) is 20.5 Å². The van der Waals surface area contributed by atoms with E-state index in [-0.39, 0.29) is 18.0 Å². The molecule has 6 nitrogen and oxygen atoms in total. The number of rotatable bonds is 5. The molecule has 2 atom stereocenters. The van der Waals surface area contributed by atoms with Crippen LogP contribution in [0.4, 0.5) is 0 Å². The molecule has 0 amide bonds. The monoisotopic (exact) mass is 292 g/mol. The van der Waals surface area contributed by atoms with Crippen molar-refractivity contribution in [3.63, 3.8) is 0 Å². The summed E-state index contributed by atoms with van der Waals surface area (Å²) < 4.78 is 3.09. The third kappa shape index (κ3) is 3.00. The second kappa shape index (κ2) is 5.73. The molecule has 0 aliphatic carbocycles. The number of carbonyl (C=O) groups is 1. The molecule has 1 aromatic heterocycles. The van der Waals surface area contributed by atoms with Gasteiger partial charge in [0.25, 0.3) is 0 Å². The topological polar surface area (TPSA) is 84.5 Å². The normalized spacial score (nSPS) is 14.3. The number of carboxylic acid groups (broad SMARTS) is 1. The van der Waals surface area contributed by atoms with Gasteiger partial charge < -0.3 is 10.2 Å². The fraction of sp³-hybridized carbons (Fsp3) is 0.467. The quantitative estimate of drug-likeness (QED) is 0.872. The summed E-state index contributed by atoms with van der Waals surface area (Å²) in [5.41, 5.74) is 2.14. The number of aromatic nitrogens is 2. The number of aryl methyl sites for hydroxylation is 2.